The van der Waals surface area contributed by atoms with E-state index in [0.29, 0.717) is 27.2 Å². The first-order valence-corrected chi connectivity index (χ1v) is 14.9. The number of amides is 2. The summed E-state index contributed by atoms with van der Waals surface area (Å²) in [6.45, 7) is 0. The average Bonchev–Trinajstić information content (AvgIpc) is 3.45. The van der Waals surface area contributed by atoms with Crippen LogP contribution in [0.4, 0.5) is 10.8 Å². The maximum Gasteiger partial charge on any atom is 0.257 e. The normalized spacial score (nSPS) is 11.5. The molecule has 1 heterocycles. The van der Waals surface area contributed by atoms with Crippen LogP contribution in [0.5, 0.6) is 5.75 Å². The molecule has 2 amide bonds. The molecule has 5 aromatic rings. The van der Waals surface area contributed by atoms with Crippen LogP contribution in [0.25, 0.3) is 11.3 Å². The second-order valence-electron chi connectivity index (χ2n) is 8.74. The summed E-state index contributed by atoms with van der Waals surface area (Å²) in [5, 5.41) is 8.40. The lowest BCUT2D eigenvalue weighted by atomic mass is 10.1. The van der Waals surface area contributed by atoms with Gasteiger partial charge in [-0.25, -0.2) is 4.98 Å². The summed E-state index contributed by atoms with van der Waals surface area (Å²) in [7, 11) is 1.62. The van der Waals surface area contributed by atoms with Crippen molar-refractivity contribution in [3.8, 4) is 17.0 Å². The van der Waals surface area contributed by atoms with Crippen LogP contribution >= 0.6 is 46.3 Å². The van der Waals surface area contributed by atoms with Crippen LogP contribution in [-0.2, 0) is 4.79 Å². The Bertz CT molecular complexity index is 1680. The summed E-state index contributed by atoms with van der Waals surface area (Å²) in [5.41, 5.74) is 3.35. The van der Waals surface area contributed by atoms with Crippen molar-refractivity contribution in [3.05, 3.63) is 124 Å². The van der Waals surface area contributed by atoms with Crippen molar-refractivity contribution in [3.63, 3.8) is 0 Å². The fourth-order valence-electron chi connectivity index (χ4n) is 4.01. The number of benzene rings is 4. The van der Waals surface area contributed by atoms with E-state index >= 15 is 0 Å². The number of nitrogens with one attached hydrogen (secondary N) is 2. The molecule has 0 radical (unpaired) electrons. The van der Waals surface area contributed by atoms with Gasteiger partial charge in [0.1, 0.15) is 11.0 Å². The van der Waals surface area contributed by atoms with Gasteiger partial charge in [0.15, 0.2) is 5.13 Å². The van der Waals surface area contributed by atoms with E-state index in [4.69, 9.17) is 27.9 Å². The van der Waals surface area contributed by atoms with E-state index in [1.807, 2.05) is 72.1 Å². The van der Waals surface area contributed by atoms with Crippen molar-refractivity contribution in [1.82, 2.24) is 4.98 Å². The fraction of sp³-hybridized carbons (Fsp3) is 0.0645. The molecule has 41 heavy (non-hydrogen) atoms. The minimum absolute atomic E-state index is 0.197. The number of thioether (sulfide) groups is 1. The number of hydrogen-bond acceptors (Lipinski definition) is 6. The Labute approximate surface area is 255 Å². The molecule has 0 aliphatic heterocycles. The smallest absolute Gasteiger partial charge is 0.257 e. The molecule has 0 saturated carbocycles. The third-order valence-corrected chi connectivity index (χ3v) is 8.57. The molecular formula is C31H23Cl2N3O3S2. The molecule has 1 aromatic heterocycles. The summed E-state index contributed by atoms with van der Waals surface area (Å²) in [5.74, 6) is 0.172. The minimum atomic E-state index is -0.539. The number of thiazole rings is 1. The molecule has 2 N–H and O–H groups in total. The van der Waals surface area contributed by atoms with Gasteiger partial charge in [-0.1, -0.05) is 65.7 Å². The summed E-state index contributed by atoms with van der Waals surface area (Å²) < 4.78 is 5.45. The molecule has 206 valence electrons. The van der Waals surface area contributed by atoms with Crippen LogP contribution in [0.2, 0.25) is 10.0 Å². The van der Waals surface area contributed by atoms with Crippen molar-refractivity contribution in [2.45, 2.75) is 10.1 Å². The van der Waals surface area contributed by atoms with Gasteiger partial charge in [-0.15, -0.1) is 23.1 Å². The van der Waals surface area contributed by atoms with Crippen LogP contribution in [0.3, 0.4) is 0 Å². The molecule has 0 aliphatic carbocycles. The first-order chi connectivity index (χ1) is 19.9. The van der Waals surface area contributed by atoms with Crippen molar-refractivity contribution in [1.29, 1.82) is 0 Å². The maximum atomic E-state index is 13.5. The second-order valence-corrected chi connectivity index (χ2v) is 11.6. The van der Waals surface area contributed by atoms with Gasteiger partial charge in [0, 0.05) is 26.5 Å². The van der Waals surface area contributed by atoms with E-state index in [1.165, 1.54) is 29.2 Å². The van der Waals surface area contributed by atoms with Gasteiger partial charge < -0.3 is 15.4 Å². The van der Waals surface area contributed by atoms with Crippen LogP contribution in [0.15, 0.2) is 107 Å². The Kier molecular flexibility index (Phi) is 9.26. The Morgan fingerprint density at radius 1 is 0.902 bits per heavy atom. The van der Waals surface area contributed by atoms with E-state index in [0.717, 1.165) is 21.7 Å². The third-order valence-electron chi connectivity index (χ3n) is 6.00. The van der Waals surface area contributed by atoms with Gasteiger partial charge in [-0.2, -0.15) is 0 Å². The molecule has 0 fully saturated rings. The Balaban J connectivity index is 1.30. The van der Waals surface area contributed by atoms with E-state index in [2.05, 4.69) is 15.6 Å². The molecule has 10 heteroatoms. The first kappa shape index (κ1) is 28.7. The monoisotopic (exact) mass is 619 g/mol. The number of para-hydroxylation sites is 1. The van der Waals surface area contributed by atoms with E-state index in [9.17, 15) is 9.59 Å². The first-order valence-electron chi connectivity index (χ1n) is 12.4. The largest absolute Gasteiger partial charge is 0.496 e. The lowest BCUT2D eigenvalue weighted by Crippen LogP contribution is -2.19. The fourth-order valence-corrected chi connectivity index (χ4v) is 6.24. The van der Waals surface area contributed by atoms with Crippen LogP contribution in [0, 0.1) is 0 Å². The molecular weight excluding hydrogens is 597 g/mol. The number of carbonyl (C=O) groups excluding carboxylic acids is 2. The second kappa shape index (κ2) is 13.2. The number of carbonyl (C=O) groups is 2. The summed E-state index contributed by atoms with van der Waals surface area (Å²) in [6.07, 6.45) is 0. The third kappa shape index (κ3) is 7.10. The van der Waals surface area contributed by atoms with Crippen LogP contribution < -0.4 is 15.4 Å². The number of nitrogens with zero attached hydrogens (tertiary/aromatic N) is 1. The van der Waals surface area contributed by atoms with Gasteiger partial charge in [-0.3, -0.25) is 9.59 Å². The zero-order valence-electron chi connectivity index (χ0n) is 21.6. The zero-order valence-corrected chi connectivity index (χ0v) is 24.8. The van der Waals surface area contributed by atoms with Gasteiger partial charge in [-0.05, 0) is 60.2 Å². The topological polar surface area (TPSA) is 80.3 Å². The van der Waals surface area contributed by atoms with Crippen molar-refractivity contribution in [2.24, 2.45) is 0 Å². The molecule has 0 saturated heterocycles. The van der Waals surface area contributed by atoms with E-state index in [-0.39, 0.29) is 16.8 Å². The van der Waals surface area contributed by atoms with Crippen molar-refractivity contribution >= 4 is 68.9 Å². The highest BCUT2D eigenvalue weighted by atomic mass is 35.5. The number of aromatic nitrogens is 1. The van der Waals surface area contributed by atoms with Crippen molar-refractivity contribution < 1.29 is 14.3 Å². The van der Waals surface area contributed by atoms with E-state index in [1.54, 1.807) is 31.4 Å². The number of halogens is 2. The van der Waals surface area contributed by atoms with Crippen molar-refractivity contribution in [2.75, 3.05) is 17.7 Å². The summed E-state index contributed by atoms with van der Waals surface area (Å²) >= 11 is 14.9. The number of hydrogen-bond donors (Lipinski definition) is 2. The molecule has 0 bridgehead atoms. The number of ether oxygens (including phenoxy) is 1. The maximum absolute atomic E-state index is 13.5. The zero-order chi connectivity index (χ0) is 28.8. The lowest BCUT2D eigenvalue weighted by Gasteiger charge is -2.16. The van der Waals surface area contributed by atoms with Gasteiger partial charge in [0.05, 0.1) is 23.4 Å². The van der Waals surface area contributed by atoms with Gasteiger partial charge in [0.2, 0.25) is 5.91 Å². The Morgan fingerprint density at radius 2 is 1.63 bits per heavy atom. The average molecular weight is 621 g/mol. The standard InChI is InChI=1S/C31H23Cl2N3O3S2/c1-39-27-10-6-5-9-24(27)26-18-40-31(35-26)36-30(38)28(19-7-3-2-4-8-19)41-22-14-12-21(13-15-22)34-29(37)23-16-11-20(32)17-25(23)33/h2-18,28H,1H3,(H,34,37)(H,35,36,38). The SMILES string of the molecule is COc1ccccc1-c1csc(NC(=O)C(Sc2ccc(NC(=O)c3ccc(Cl)cc3Cl)cc2)c2ccccc2)n1. The number of methoxy groups -OCH3 is 1. The summed E-state index contributed by atoms with van der Waals surface area (Å²) in [4.78, 5) is 31.7. The Morgan fingerprint density at radius 3 is 2.37 bits per heavy atom. The van der Waals surface area contributed by atoms with Gasteiger partial charge >= 0.3 is 0 Å². The molecule has 5 rings (SSSR count). The van der Waals surface area contributed by atoms with Crippen LogP contribution in [-0.4, -0.2) is 23.9 Å². The highest BCUT2D eigenvalue weighted by Crippen LogP contribution is 2.38. The molecule has 6 nitrogen and oxygen atoms in total. The molecule has 4 aromatic carbocycles. The van der Waals surface area contributed by atoms with Crippen LogP contribution in [0.1, 0.15) is 21.2 Å². The predicted molar refractivity (Wildman–Crippen MR) is 169 cm³/mol. The molecule has 0 aliphatic rings. The van der Waals surface area contributed by atoms with E-state index < -0.39 is 5.25 Å². The Hall–Kier alpha value is -3.82. The van der Waals surface area contributed by atoms with Gasteiger partial charge in [0.25, 0.3) is 5.91 Å². The highest BCUT2D eigenvalue weighted by molar-refractivity contribution is 8.00. The summed E-state index contributed by atoms with van der Waals surface area (Å²) in [6, 6.07) is 29.2. The highest BCUT2D eigenvalue weighted by Gasteiger charge is 2.23. The predicted octanol–water partition coefficient (Wildman–Crippen LogP) is 8.85. The molecule has 0 spiro atoms. The number of anilines is 2. The lowest BCUT2D eigenvalue weighted by molar-refractivity contribution is -0.115. The minimum Gasteiger partial charge on any atom is -0.496 e. The number of rotatable bonds is 9. The quantitative estimate of drug-likeness (QED) is 0.161. The molecule has 1 unspecified atom stereocenters. The molecule has 1 atom stereocenters.